The van der Waals surface area contributed by atoms with Crippen LogP contribution in [0.4, 0.5) is 0 Å². The fourth-order valence-corrected chi connectivity index (χ4v) is 5.12. The molecule has 2 saturated heterocycles. The van der Waals surface area contributed by atoms with Gasteiger partial charge in [-0.3, -0.25) is 4.79 Å². The fourth-order valence-electron chi connectivity index (χ4n) is 5.12. The summed E-state index contributed by atoms with van der Waals surface area (Å²) >= 11 is 0. The van der Waals surface area contributed by atoms with E-state index in [0.717, 1.165) is 12.1 Å². The topological polar surface area (TPSA) is 275 Å². The Bertz CT molecular complexity index is 1700. The Morgan fingerprint density at radius 1 is 0.812 bits per heavy atom. The highest BCUT2D eigenvalue weighted by Gasteiger charge is 2.46. The number of aromatic hydroxyl groups is 2. The highest BCUT2D eigenvalue weighted by molar-refractivity contribution is 5.87. The van der Waals surface area contributed by atoms with Crippen LogP contribution in [0, 0.1) is 6.92 Å². The quantitative estimate of drug-likeness (QED) is 0.0886. The highest BCUT2D eigenvalue weighted by atomic mass is 16.7. The van der Waals surface area contributed by atoms with Crippen molar-refractivity contribution in [2.45, 2.75) is 68.3 Å². The number of benzene rings is 2. The lowest BCUT2D eigenvalue weighted by molar-refractivity contribution is -0.278. The first kappa shape index (κ1) is 35.0. The second-order valence-corrected chi connectivity index (χ2v) is 11.2. The zero-order valence-electron chi connectivity index (χ0n) is 25.1. The first-order chi connectivity index (χ1) is 22.8. The molecule has 1 aromatic heterocycles. The maximum Gasteiger partial charge on any atom is 0.330 e. The predicted molar refractivity (Wildman–Crippen MR) is 159 cm³/mol. The fraction of sp³-hybridized carbons (Fsp3) is 0.419. The minimum absolute atomic E-state index is 0.0116. The molecular weight excluding hydrogens is 644 g/mol. The first-order valence-corrected chi connectivity index (χ1v) is 14.6. The van der Waals surface area contributed by atoms with Crippen LogP contribution in [0.1, 0.15) is 11.3 Å². The third kappa shape index (κ3) is 7.39. The third-order valence-corrected chi connectivity index (χ3v) is 7.70. The summed E-state index contributed by atoms with van der Waals surface area (Å²) in [5.41, 5.74) is -0.213. The highest BCUT2D eigenvalue weighted by Crippen LogP contribution is 2.33. The number of aliphatic hydroxyl groups is 7. The molecule has 260 valence electrons. The van der Waals surface area contributed by atoms with Crippen LogP contribution < -0.4 is 14.9 Å². The van der Waals surface area contributed by atoms with Crippen LogP contribution in [0.25, 0.3) is 17.0 Å². The molecule has 0 unspecified atom stereocenters. The van der Waals surface area contributed by atoms with Crippen LogP contribution in [0.3, 0.4) is 0 Å². The van der Waals surface area contributed by atoms with Crippen LogP contribution in [0.2, 0.25) is 0 Å². The molecule has 0 amide bonds. The molecule has 2 fully saturated rings. The van der Waals surface area contributed by atoms with Gasteiger partial charge in [-0.25, -0.2) is 4.79 Å². The van der Waals surface area contributed by atoms with Gasteiger partial charge in [0.2, 0.25) is 12.6 Å². The molecule has 0 spiro atoms. The molecule has 2 aromatic carbocycles. The molecule has 0 saturated carbocycles. The molecule has 0 aliphatic carbocycles. The number of fused-ring (bicyclic) bond motifs is 1. The zero-order valence-corrected chi connectivity index (χ0v) is 25.1. The standard InChI is InChI=1S/C31H34O17/c1-12-6-16(34)23-17(35)8-14(9-19(23)44-12)45-30-28(41)27(40)25(38)21(48-30)11-43-22(36)5-3-13-2-4-18(15(33)7-13)46-31-29(42)26(39)24(37)20(10-32)47-31/h2-9,20-21,24-33,35,37-42H,10-11H2,1H3/b5-3+/t20-,21-,24-,25-,26-,27+,28-,29-,30-,31-/m1/s1. The number of ether oxygens (including phenoxy) is 5. The molecule has 10 atom stereocenters. The first-order valence-electron chi connectivity index (χ1n) is 14.6. The van der Waals surface area contributed by atoms with Crippen LogP contribution in [-0.2, 0) is 19.0 Å². The van der Waals surface area contributed by atoms with E-state index in [0.29, 0.717) is 0 Å². The van der Waals surface area contributed by atoms with E-state index in [9.17, 15) is 55.5 Å². The molecule has 17 nitrogen and oxygen atoms in total. The number of carbonyl (C=O) groups excluding carboxylic acids is 1. The number of rotatable bonds is 9. The van der Waals surface area contributed by atoms with Gasteiger partial charge in [0.05, 0.1) is 6.61 Å². The second-order valence-electron chi connectivity index (χ2n) is 11.2. The van der Waals surface area contributed by atoms with Gasteiger partial charge in [-0.05, 0) is 30.7 Å². The normalized spacial score (nSPS) is 30.8. The Kier molecular flexibility index (Phi) is 10.5. The smallest absolute Gasteiger partial charge is 0.330 e. The van der Waals surface area contributed by atoms with Gasteiger partial charge in [0.25, 0.3) is 0 Å². The number of carbonyl (C=O) groups is 1. The van der Waals surface area contributed by atoms with Crippen molar-refractivity contribution in [3.63, 3.8) is 0 Å². The minimum atomic E-state index is -1.79. The van der Waals surface area contributed by atoms with Gasteiger partial charge in [0, 0.05) is 24.3 Å². The molecule has 0 radical (unpaired) electrons. The summed E-state index contributed by atoms with van der Waals surface area (Å²) in [6.07, 6.45) is -13.7. The summed E-state index contributed by atoms with van der Waals surface area (Å²) in [7, 11) is 0. The summed E-state index contributed by atoms with van der Waals surface area (Å²) in [5.74, 6) is -1.86. The van der Waals surface area contributed by atoms with Crippen molar-refractivity contribution in [3.05, 3.63) is 64.0 Å². The molecule has 0 bridgehead atoms. The average Bonchev–Trinajstić information content (AvgIpc) is 3.04. The molecule has 5 rings (SSSR count). The minimum Gasteiger partial charge on any atom is -0.507 e. The van der Waals surface area contributed by atoms with Gasteiger partial charge in [0.1, 0.15) is 83.7 Å². The zero-order chi connectivity index (χ0) is 34.9. The molecule has 3 heterocycles. The van der Waals surface area contributed by atoms with E-state index in [1.54, 1.807) is 0 Å². The van der Waals surface area contributed by atoms with E-state index in [2.05, 4.69) is 0 Å². The summed E-state index contributed by atoms with van der Waals surface area (Å²) in [4.78, 5) is 24.6. The summed E-state index contributed by atoms with van der Waals surface area (Å²) in [6.45, 7) is 0.268. The Hall–Kier alpha value is -4.30. The summed E-state index contributed by atoms with van der Waals surface area (Å²) in [5, 5.41) is 91.1. The molecule has 48 heavy (non-hydrogen) atoms. The maximum atomic E-state index is 12.4. The molecule has 2 aliphatic rings. The van der Waals surface area contributed by atoms with Crippen molar-refractivity contribution in [2.24, 2.45) is 0 Å². The number of hydrogen-bond donors (Lipinski definition) is 9. The predicted octanol–water partition coefficient (Wildman–Crippen LogP) is -1.87. The number of phenols is 2. The van der Waals surface area contributed by atoms with Gasteiger partial charge < -0.3 is 74.1 Å². The van der Waals surface area contributed by atoms with Crippen LogP contribution in [0.5, 0.6) is 23.0 Å². The lowest BCUT2D eigenvalue weighted by atomic mass is 9.99. The van der Waals surface area contributed by atoms with Gasteiger partial charge >= 0.3 is 5.97 Å². The van der Waals surface area contributed by atoms with E-state index in [4.69, 9.17) is 28.1 Å². The number of aryl methyl sites for hydroxylation is 1. The van der Waals surface area contributed by atoms with Crippen molar-refractivity contribution in [1.29, 1.82) is 0 Å². The lowest BCUT2D eigenvalue weighted by Gasteiger charge is -2.39. The Labute approximate surface area is 270 Å². The average molecular weight is 679 g/mol. The van der Waals surface area contributed by atoms with Crippen LogP contribution in [-0.4, -0.2) is 127 Å². The van der Waals surface area contributed by atoms with E-state index in [-0.39, 0.29) is 33.8 Å². The van der Waals surface area contributed by atoms with Crippen LogP contribution >= 0.6 is 0 Å². The second kappa shape index (κ2) is 14.4. The van der Waals surface area contributed by atoms with Gasteiger partial charge in [-0.1, -0.05) is 6.07 Å². The van der Waals surface area contributed by atoms with Crippen molar-refractivity contribution in [1.82, 2.24) is 0 Å². The van der Waals surface area contributed by atoms with Gasteiger partial charge in [0.15, 0.2) is 16.9 Å². The number of esters is 1. The van der Waals surface area contributed by atoms with Gasteiger partial charge in [-0.15, -0.1) is 0 Å². The van der Waals surface area contributed by atoms with Gasteiger partial charge in [-0.2, -0.15) is 0 Å². The molecular formula is C31H34O17. The maximum absolute atomic E-state index is 12.4. The molecule has 3 aromatic rings. The van der Waals surface area contributed by atoms with E-state index in [1.807, 2.05) is 0 Å². The molecule has 9 N–H and O–H groups in total. The number of phenolic OH excluding ortho intramolecular Hbond substituents is 2. The summed E-state index contributed by atoms with van der Waals surface area (Å²) < 4.78 is 32.4. The molecule has 2 aliphatic heterocycles. The summed E-state index contributed by atoms with van der Waals surface area (Å²) in [6, 6.07) is 7.41. The monoisotopic (exact) mass is 678 g/mol. The lowest BCUT2D eigenvalue weighted by Crippen LogP contribution is -2.60. The van der Waals surface area contributed by atoms with E-state index in [1.165, 1.54) is 43.3 Å². The third-order valence-electron chi connectivity index (χ3n) is 7.70. The van der Waals surface area contributed by atoms with Crippen molar-refractivity contribution < 1.29 is 78.9 Å². The number of aliphatic hydroxyl groups excluding tert-OH is 7. The SMILES string of the molecule is Cc1cc(=O)c2c(O)cc(O[C@@H]3O[C@H](COC(=O)/C=C/c4ccc(O[C@@H]5O[C@H](CO)[C@@H](O)[C@@H](O)[C@H]5O)c(O)c4)[C@@H](O)[C@H](O)[C@H]3O)cc2o1. The number of hydrogen-bond acceptors (Lipinski definition) is 17. The van der Waals surface area contributed by atoms with Crippen molar-refractivity contribution >= 4 is 23.0 Å². The van der Waals surface area contributed by atoms with Crippen LogP contribution in [0.15, 0.2) is 51.7 Å². The van der Waals surface area contributed by atoms with E-state index >= 15 is 0 Å². The van der Waals surface area contributed by atoms with Crippen molar-refractivity contribution in [2.75, 3.05) is 13.2 Å². The van der Waals surface area contributed by atoms with E-state index < -0.39 is 97.5 Å². The largest absolute Gasteiger partial charge is 0.507 e. The molecule has 17 heteroatoms. The Morgan fingerprint density at radius 2 is 1.46 bits per heavy atom. The Balaban J connectivity index is 1.19. The van der Waals surface area contributed by atoms with Crippen molar-refractivity contribution in [3.8, 4) is 23.0 Å². The Morgan fingerprint density at radius 3 is 2.12 bits per heavy atom.